The summed E-state index contributed by atoms with van der Waals surface area (Å²) < 4.78 is 0. The highest BCUT2D eigenvalue weighted by Gasteiger charge is 2.31. The van der Waals surface area contributed by atoms with Crippen molar-refractivity contribution in [2.75, 3.05) is 36.4 Å². The van der Waals surface area contributed by atoms with Gasteiger partial charge in [-0.05, 0) is 86.5 Å². The maximum atomic E-state index is 12.5. The predicted molar refractivity (Wildman–Crippen MR) is 137 cm³/mol. The minimum absolute atomic E-state index is 0.142. The lowest BCUT2D eigenvalue weighted by molar-refractivity contribution is 0.0422. The van der Waals surface area contributed by atoms with Gasteiger partial charge in [0.15, 0.2) is 0 Å². The zero-order valence-electron chi connectivity index (χ0n) is 19.3. The van der Waals surface area contributed by atoms with Gasteiger partial charge in [0.1, 0.15) is 0 Å². The molecule has 1 unspecified atom stereocenters. The number of likely N-dealkylation sites (tertiary alicyclic amines) is 1. The molecule has 0 bridgehead atoms. The first kappa shape index (κ1) is 23.0. The predicted octanol–water partition coefficient (Wildman–Crippen LogP) is 4.81. The van der Waals surface area contributed by atoms with Crippen LogP contribution in [0.15, 0.2) is 66.3 Å². The number of piperidine rings is 2. The van der Waals surface area contributed by atoms with Crippen LogP contribution in [0.1, 0.15) is 47.0 Å². The number of anilines is 2. The summed E-state index contributed by atoms with van der Waals surface area (Å²) in [4.78, 5) is 22.7. The number of hydrogen-bond donors (Lipinski definition) is 2. The van der Waals surface area contributed by atoms with E-state index in [4.69, 9.17) is 0 Å². The highest BCUT2D eigenvalue weighted by atomic mass is 32.1. The van der Waals surface area contributed by atoms with E-state index < -0.39 is 0 Å². The molecule has 34 heavy (non-hydrogen) atoms. The molecule has 1 amide bonds. The minimum Gasteiger partial charge on any atom is -0.387 e. The standard InChI is InChI=1S/C27H32N4O2S/c32-26(25-7-3-17-34-25)20-8-13-30(14-9-20)23-10-15-31(16-11-23)24-6-1-5-22(18-24)29-27(33)21-4-2-12-28-19-21/h1-7,12,17-20,23,26,32H,8-11,13-16H2,(H,29,33). The second-order valence-electron chi connectivity index (χ2n) is 9.30. The zero-order valence-corrected chi connectivity index (χ0v) is 20.2. The molecular formula is C27H32N4O2S. The smallest absolute Gasteiger partial charge is 0.257 e. The first-order chi connectivity index (χ1) is 16.7. The molecule has 7 heteroatoms. The number of nitrogens with one attached hydrogen (secondary N) is 1. The topological polar surface area (TPSA) is 68.7 Å². The molecule has 1 atom stereocenters. The molecule has 178 valence electrons. The van der Waals surface area contributed by atoms with Gasteiger partial charge in [-0.3, -0.25) is 9.78 Å². The molecule has 2 aliphatic rings. The van der Waals surface area contributed by atoms with Crippen LogP contribution < -0.4 is 10.2 Å². The van der Waals surface area contributed by atoms with E-state index in [9.17, 15) is 9.90 Å². The van der Waals surface area contributed by atoms with Crippen molar-refractivity contribution >= 4 is 28.6 Å². The number of aliphatic hydroxyl groups is 1. The molecule has 2 aliphatic heterocycles. The molecule has 2 fully saturated rings. The van der Waals surface area contributed by atoms with E-state index in [1.54, 1.807) is 35.9 Å². The minimum atomic E-state index is -0.310. The Bertz CT molecular complexity index is 1060. The summed E-state index contributed by atoms with van der Waals surface area (Å²) in [5, 5.41) is 15.7. The van der Waals surface area contributed by atoms with Gasteiger partial charge < -0.3 is 20.2 Å². The van der Waals surface area contributed by atoms with Crippen molar-refractivity contribution in [2.45, 2.75) is 37.8 Å². The molecule has 2 saturated heterocycles. The molecule has 0 radical (unpaired) electrons. The van der Waals surface area contributed by atoms with Gasteiger partial charge in [0.05, 0.1) is 11.7 Å². The van der Waals surface area contributed by atoms with Crippen molar-refractivity contribution in [3.05, 3.63) is 76.7 Å². The van der Waals surface area contributed by atoms with E-state index in [0.29, 0.717) is 17.5 Å². The van der Waals surface area contributed by atoms with E-state index in [1.807, 2.05) is 23.6 Å². The van der Waals surface area contributed by atoms with Gasteiger partial charge in [0.2, 0.25) is 0 Å². The van der Waals surface area contributed by atoms with Gasteiger partial charge >= 0.3 is 0 Å². The number of pyridine rings is 1. The lowest BCUT2D eigenvalue weighted by atomic mass is 9.88. The number of aliphatic hydroxyl groups excluding tert-OH is 1. The van der Waals surface area contributed by atoms with Gasteiger partial charge in [0, 0.05) is 47.8 Å². The van der Waals surface area contributed by atoms with E-state index in [-0.39, 0.29) is 12.0 Å². The summed E-state index contributed by atoms with van der Waals surface area (Å²) in [6.45, 7) is 4.19. The monoisotopic (exact) mass is 476 g/mol. The lowest BCUT2D eigenvalue weighted by Crippen LogP contribution is -2.48. The van der Waals surface area contributed by atoms with Crippen molar-refractivity contribution < 1.29 is 9.90 Å². The average Bonchev–Trinajstić information content (AvgIpc) is 3.44. The Hall–Kier alpha value is -2.74. The van der Waals surface area contributed by atoms with Crippen molar-refractivity contribution in [1.82, 2.24) is 9.88 Å². The van der Waals surface area contributed by atoms with Gasteiger partial charge in [0.25, 0.3) is 5.91 Å². The Labute approximate surface area is 205 Å². The zero-order chi connectivity index (χ0) is 23.3. The van der Waals surface area contributed by atoms with Crippen LogP contribution in [-0.4, -0.2) is 53.1 Å². The Morgan fingerprint density at radius 1 is 1.03 bits per heavy atom. The van der Waals surface area contributed by atoms with Crippen LogP contribution in [0.5, 0.6) is 0 Å². The van der Waals surface area contributed by atoms with Crippen LogP contribution >= 0.6 is 11.3 Å². The molecule has 0 spiro atoms. The molecule has 6 nitrogen and oxygen atoms in total. The van der Waals surface area contributed by atoms with Gasteiger partial charge in [-0.15, -0.1) is 11.3 Å². The molecule has 2 aromatic heterocycles. The maximum Gasteiger partial charge on any atom is 0.257 e. The number of rotatable bonds is 6. The quantitative estimate of drug-likeness (QED) is 0.534. The van der Waals surface area contributed by atoms with Crippen molar-refractivity contribution in [3.63, 3.8) is 0 Å². The fraction of sp³-hybridized carbons (Fsp3) is 0.407. The molecule has 5 rings (SSSR count). The molecule has 0 saturated carbocycles. The third-order valence-electron chi connectivity index (χ3n) is 7.23. The number of benzene rings is 1. The Morgan fingerprint density at radius 3 is 2.56 bits per heavy atom. The van der Waals surface area contributed by atoms with Crippen LogP contribution in [0, 0.1) is 5.92 Å². The van der Waals surface area contributed by atoms with E-state index in [1.165, 1.54) is 0 Å². The summed E-state index contributed by atoms with van der Waals surface area (Å²) in [5.74, 6) is 0.233. The average molecular weight is 477 g/mol. The summed E-state index contributed by atoms with van der Waals surface area (Å²) in [6.07, 6.45) is 7.35. The van der Waals surface area contributed by atoms with E-state index in [2.05, 4.69) is 38.3 Å². The fourth-order valence-electron chi connectivity index (χ4n) is 5.26. The van der Waals surface area contributed by atoms with Crippen LogP contribution in [-0.2, 0) is 0 Å². The third-order valence-corrected chi connectivity index (χ3v) is 8.17. The van der Waals surface area contributed by atoms with Crippen molar-refractivity contribution in [1.29, 1.82) is 0 Å². The number of nitrogens with zero attached hydrogens (tertiary/aromatic N) is 3. The third kappa shape index (κ3) is 5.32. The SMILES string of the molecule is O=C(Nc1cccc(N2CCC(N3CCC(C(O)c4cccs4)CC3)CC2)c1)c1cccnc1. The van der Waals surface area contributed by atoms with Crippen molar-refractivity contribution in [2.24, 2.45) is 5.92 Å². The van der Waals surface area contributed by atoms with Gasteiger partial charge in [-0.1, -0.05) is 12.1 Å². The van der Waals surface area contributed by atoms with Crippen LogP contribution in [0.2, 0.25) is 0 Å². The second kappa shape index (κ2) is 10.7. The number of carbonyl (C=O) groups excluding carboxylic acids is 1. The number of aromatic nitrogens is 1. The number of thiophene rings is 1. The number of hydrogen-bond acceptors (Lipinski definition) is 6. The lowest BCUT2D eigenvalue weighted by Gasteiger charge is -2.43. The molecule has 3 aromatic rings. The van der Waals surface area contributed by atoms with Gasteiger partial charge in [-0.25, -0.2) is 0 Å². The maximum absolute atomic E-state index is 12.5. The summed E-state index contributed by atoms with van der Waals surface area (Å²) in [6, 6.07) is 16.3. The largest absolute Gasteiger partial charge is 0.387 e. The molecule has 0 aliphatic carbocycles. The highest BCUT2D eigenvalue weighted by Crippen LogP contribution is 2.34. The van der Waals surface area contributed by atoms with Crippen LogP contribution in [0.3, 0.4) is 0 Å². The van der Waals surface area contributed by atoms with Crippen LogP contribution in [0.4, 0.5) is 11.4 Å². The summed E-state index contributed by atoms with van der Waals surface area (Å²) in [5.41, 5.74) is 2.51. The van der Waals surface area contributed by atoms with Crippen LogP contribution in [0.25, 0.3) is 0 Å². The normalized spacial score (nSPS) is 19.1. The molecule has 2 N–H and O–H groups in total. The Morgan fingerprint density at radius 2 is 1.85 bits per heavy atom. The molecule has 4 heterocycles. The van der Waals surface area contributed by atoms with Gasteiger partial charge in [-0.2, -0.15) is 0 Å². The first-order valence-electron chi connectivity index (χ1n) is 12.2. The van der Waals surface area contributed by atoms with Crippen molar-refractivity contribution in [3.8, 4) is 0 Å². The Balaban J connectivity index is 1.12. The van der Waals surface area contributed by atoms with E-state index in [0.717, 1.165) is 68.1 Å². The second-order valence-corrected chi connectivity index (χ2v) is 10.3. The summed E-state index contributed by atoms with van der Waals surface area (Å²) >= 11 is 1.66. The first-order valence-corrected chi connectivity index (χ1v) is 13.1. The Kier molecular flexibility index (Phi) is 7.23. The molecule has 1 aromatic carbocycles. The molecular weight excluding hydrogens is 444 g/mol. The van der Waals surface area contributed by atoms with E-state index >= 15 is 0 Å². The number of amides is 1. The number of carbonyl (C=O) groups is 1. The summed E-state index contributed by atoms with van der Waals surface area (Å²) in [7, 11) is 0. The highest BCUT2D eigenvalue weighted by molar-refractivity contribution is 7.10. The fourth-order valence-corrected chi connectivity index (χ4v) is 6.07.